The molecule has 1 saturated heterocycles. The molecule has 11 heteroatoms. The summed E-state index contributed by atoms with van der Waals surface area (Å²) in [7, 11) is 0. The summed E-state index contributed by atoms with van der Waals surface area (Å²) in [5.41, 5.74) is 5.77. The first-order valence-corrected chi connectivity index (χ1v) is 10.6. The van der Waals surface area contributed by atoms with Gasteiger partial charge in [0.1, 0.15) is 6.61 Å². The number of unbranched alkanes of at least 4 members (excludes halogenated alkanes) is 1. The van der Waals surface area contributed by atoms with Crippen molar-refractivity contribution in [1.29, 1.82) is 0 Å². The van der Waals surface area contributed by atoms with Crippen LogP contribution in [-0.2, 0) is 28.5 Å². The molecule has 180 valence electrons. The van der Waals surface area contributed by atoms with Gasteiger partial charge < -0.3 is 45.5 Å². The van der Waals surface area contributed by atoms with Gasteiger partial charge >= 0.3 is 5.97 Å². The predicted octanol–water partition coefficient (Wildman–Crippen LogP) is -0.883. The number of hydrogen-bond acceptors (Lipinski definition) is 10. The third-order valence-electron chi connectivity index (χ3n) is 4.35. The second kappa shape index (κ2) is 16.7. The van der Waals surface area contributed by atoms with Crippen molar-refractivity contribution in [2.75, 3.05) is 46.1 Å². The normalized spacial score (nSPS) is 21.5. The quantitative estimate of drug-likeness (QED) is 0.148. The van der Waals surface area contributed by atoms with Crippen molar-refractivity contribution < 1.29 is 38.7 Å². The van der Waals surface area contributed by atoms with E-state index in [4.69, 9.17) is 29.8 Å². The zero-order chi connectivity index (χ0) is 22.9. The minimum absolute atomic E-state index is 0.0499. The molecule has 1 amide bonds. The average molecular weight is 448 g/mol. The first kappa shape index (κ1) is 27.1. The van der Waals surface area contributed by atoms with Crippen LogP contribution in [0.15, 0.2) is 11.9 Å². The summed E-state index contributed by atoms with van der Waals surface area (Å²) in [6.07, 6.45) is 2.57. The number of aliphatic hydroxyl groups excluding tert-OH is 2. The van der Waals surface area contributed by atoms with E-state index in [9.17, 15) is 14.7 Å². The Hall–Kier alpha value is -1.92. The van der Waals surface area contributed by atoms with Crippen molar-refractivity contribution in [2.24, 2.45) is 5.73 Å². The molecule has 1 rings (SSSR count). The van der Waals surface area contributed by atoms with E-state index in [-0.39, 0.29) is 31.2 Å². The Morgan fingerprint density at radius 2 is 1.97 bits per heavy atom. The molecule has 3 atom stereocenters. The fourth-order valence-corrected chi connectivity index (χ4v) is 2.81. The lowest BCUT2D eigenvalue weighted by molar-refractivity contribution is -0.224. The smallest absolute Gasteiger partial charge is 0.302 e. The van der Waals surface area contributed by atoms with Crippen molar-refractivity contribution in [3.63, 3.8) is 0 Å². The van der Waals surface area contributed by atoms with E-state index in [1.54, 1.807) is 0 Å². The zero-order valence-electron chi connectivity index (χ0n) is 18.2. The highest BCUT2D eigenvalue weighted by Crippen LogP contribution is 2.21. The minimum atomic E-state index is -0.557. The fraction of sp³-hybridized carbons (Fsp3) is 0.800. The molecule has 1 heterocycles. The number of nitrogens with one attached hydrogen (secondary N) is 2. The van der Waals surface area contributed by atoms with Crippen LogP contribution >= 0.6 is 0 Å². The van der Waals surface area contributed by atoms with Gasteiger partial charge in [-0.05, 0) is 12.8 Å². The van der Waals surface area contributed by atoms with Gasteiger partial charge in [-0.2, -0.15) is 0 Å². The molecule has 0 spiro atoms. The van der Waals surface area contributed by atoms with E-state index < -0.39 is 12.4 Å². The van der Waals surface area contributed by atoms with Crippen LogP contribution in [0.3, 0.4) is 0 Å². The van der Waals surface area contributed by atoms with Gasteiger partial charge in [0, 0.05) is 57.8 Å². The Labute approximate surface area is 183 Å². The Morgan fingerprint density at radius 3 is 2.71 bits per heavy atom. The second-order valence-electron chi connectivity index (χ2n) is 7.24. The van der Waals surface area contributed by atoms with Gasteiger partial charge in [0.05, 0.1) is 32.0 Å². The first-order valence-electron chi connectivity index (χ1n) is 10.6. The van der Waals surface area contributed by atoms with E-state index in [1.807, 2.05) is 0 Å². The Bertz CT molecular complexity index is 547. The maximum absolute atomic E-state index is 11.8. The number of hydrogen-bond donors (Lipinski definition) is 5. The molecule has 1 aliphatic rings. The van der Waals surface area contributed by atoms with Gasteiger partial charge in [-0.3, -0.25) is 9.59 Å². The fourth-order valence-electron chi connectivity index (χ4n) is 2.81. The Balaban J connectivity index is 1.98. The number of carbonyl (C=O) groups is 2. The topological polar surface area (TPSA) is 162 Å². The van der Waals surface area contributed by atoms with Gasteiger partial charge in [-0.1, -0.05) is 0 Å². The molecule has 6 N–H and O–H groups in total. The summed E-state index contributed by atoms with van der Waals surface area (Å²) in [5.74, 6) is -0.439. The molecule has 3 unspecified atom stereocenters. The number of ether oxygens (including phenoxy) is 4. The van der Waals surface area contributed by atoms with Gasteiger partial charge in [0.15, 0.2) is 6.29 Å². The summed E-state index contributed by atoms with van der Waals surface area (Å²) < 4.78 is 21.6. The Morgan fingerprint density at radius 1 is 1.19 bits per heavy atom. The molecule has 1 fully saturated rings. The van der Waals surface area contributed by atoms with E-state index in [0.717, 1.165) is 0 Å². The van der Waals surface area contributed by atoms with Crippen LogP contribution in [0.5, 0.6) is 0 Å². The number of nitrogens with two attached hydrogens (primary N) is 1. The monoisotopic (exact) mass is 447 g/mol. The molecule has 0 aromatic rings. The highest BCUT2D eigenvalue weighted by atomic mass is 16.7. The third kappa shape index (κ3) is 14.7. The summed E-state index contributed by atoms with van der Waals surface area (Å²) >= 11 is 0. The van der Waals surface area contributed by atoms with Crippen molar-refractivity contribution in [1.82, 2.24) is 10.6 Å². The van der Waals surface area contributed by atoms with Crippen molar-refractivity contribution in [2.45, 2.75) is 57.5 Å². The zero-order valence-corrected chi connectivity index (χ0v) is 18.2. The predicted molar refractivity (Wildman–Crippen MR) is 112 cm³/mol. The first-order chi connectivity index (χ1) is 14.9. The Kier molecular flexibility index (Phi) is 14.6. The maximum Gasteiger partial charge on any atom is 0.302 e. The molecule has 0 aromatic carbocycles. The second-order valence-corrected chi connectivity index (χ2v) is 7.24. The number of carbonyl (C=O) groups excluding carboxylic acids is 2. The molecule has 11 nitrogen and oxygen atoms in total. The van der Waals surface area contributed by atoms with Crippen LogP contribution in [0, 0.1) is 0 Å². The largest absolute Gasteiger partial charge is 0.463 e. The van der Waals surface area contributed by atoms with Gasteiger partial charge in [0.2, 0.25) is 5.91 Å². The molecule has 0 aliphatic carbocycles. The van der Waals surface area contributed by atoms with Crippen LogP contribution in [0.1, 0.15) is 39.0 Å². The highest BCUT2D eigenvalue weighted by Gasteiger charge is 2.29. The standard InChI is InChI=1S/C20H37N3O8/c1-15(25)30-14-18-10-17(26)11-20(31-18)29-7-3-2-4-19(27)23-6-9-28-8-5-22-12-16(21)13-24/h12,17-18,20,22,24,26H,2-11,13-14,21H2,1H3,(H,23,27)/b16-12-. The molecular formula is C20H37N3O8. The van der Waals surface area contributed by atoms with Crippen LogP contribution < -0.4 is 16.4 Å². The molecule has 1 aliphatic heterocycles. The number of rotatable bonds is 16. The molecule has 0 saturated carbocycles. The van der Waals surface area contributed by atoms with Crippen molar-refractivity contribution in [3.8, 4) is 0 Å². The van der Waals surface area contributed by atoms with Crippen LogP contribution in [0.2, 0.25) is 0 Å². The van der Waals surface area contributed by atoms with Crippen LogP contribution in [0.4, 0.5) is 0 Å². The summed E-state index contributed by atoms with van der Waals surface area (Å²) in [6, 6.07) is 0. The van der Waals surface area contributed by atoms with Crippen LogP contribution in [0.25, 0.3) is 0 Å². The maximum atomic E-state index is 11.8. The van der Waals surface area contributed by atoms with Crippen LogP contribution in [-0.4, -0.2) is 86.7 Å². The molecule has 0 radical (unpaired) electrons. The summed E-state index contributed by atoms with van der Waals surface area (Å²) in [4.78, 5) is 22.7. The molecule has 0 aromatic heterocycles. The molecule has 0 bridgehead atoms. The van der Waals surface area contributed by atoms with E-state index in [0.29, 0.717) is 70.7 Å². The number of esters is 1. The van der Waals surface area contributed by atoms with Crippen molar-refractivity contribution >= 4 is 11.9 Å². The number of aliphatic hydroxyl groups is 2. The van der Waals surface area contributed by atoms with Gasteiger partial charge in [-0.15, -0.1) is 0 Å². The lowest BCUT2D eigenvalue weighted by Crippen LogP contribution is -2.39. The summed E-state index contributed by atoms with van der Waals surface area (Å²) in [6.45, 7) is 3.50. The molecule has 31 heavy (non-hydrogen) atoms. The summed E-state index contributed by atoms with van der Waals surface area (Å²) in [5, 5.41) is 24.3. The highest BCUT2D eigenvalue weighted by molar-refractivity contribution is 5.75. The van der Waals surface area contributed by atoms with Gasteiger partial charge in [-0.25, -0.2) is 0 Å². The van der Waals surface area contributed by atoms with E-state index in [2.05, 4.69) is 10.6 Å². The third-order valence-corrected chi connectivity index (χ3v) is 4.35. The van der Waals surface area contributed by atoms with Gasteiger partial charge in [0.25, 0.3) is 0 Å². The van der Waals surface area contributed by atoms with E-state index in [1.165, 1.54) is 13.1 Å². The average Bonchev–Trinajstić information content (AvgIpc) is 2.73. The SMILES string of the molecule is CC(=O)OCC1CC(O)CC(OCCCCC(=O)NCCOCCN/C=C(\N)CO)O1. The van der Waals surface area contributed by atoms with Crippen molar-refractivity contribution in [3.05, 3.63) is 11.9 Å². The number of amides is 1. The van der Waals surface area contributed by atoms with E-state index >= 15 is 0 Å². The molecular weight excluding hydrogens is 410 g/mol. The minimum Gasteiger partial charge on any atom is -0.463 e. The lowest BCUT2D eigenvalue weighted by Gasteiger charge is -2.32. The lowest BCUT2D eigenvalue weighted by atomic mass is 10.1.